The van der Waals surface area contributed by atoms with Crippen LogP contribution in [0.3, 0.4) is 0 Å². The molecule has 3 aromatic rings. The molecular weight excluding hydrogens is 563 g/mol. The van der Waals surface area contributed by atoms with Gasteiger partial charge in [-0.1, -0.05) is 41.7 Å². The van der Waals surface area contributed by atoms with Gasteiger partial charge in [0, 0.05) is 5.75 Å². The summed E-state index contributed by atoms with van der Waals surface area (Å²) in [5, 5.41) is 24.9. The number of anilines is 1. The number of fused-ring (bicyclic) bond motifs is 1. The van der Waals surface area contributed by atoms with Crippen molar-refractivity contribution < 1.29 is 38.3 Å². The SMILES string of the molecule is COc1nc(N)nc2c1ncn2[C@@H]1OC(CO[P@@]2(=O)N[C@@H](C(=O)O[C@@H](C)c3ccccc3)CCS2)[C@@H](O)[C@@]1(C)O. The second-order valence-corrected chi connectivity index (χ2v) is 14.1. The van der Waals surface area contributed by atoms with Crippen LogP contribution in [0.1, 0.15) is 38.2 Å². The number of carbonyl (C=O) groups is 1. The fraction of sp³-hybridized carbons (Fsp3) is 0.500. The Balaban J connectivity index is 1.25. The van der Waals surface area contributed by atoms with Gasteiger partial charge in [-0.25, -0.2) is 10.1 Å². The zero-order valence-corrected chi connectivity index (χ0v) is 23.7. The summed E-state index contributed by atoms with van der Waals surface area (Å²) in [4.78, 5) is 25.2. The molecule has 0 saturated carbocycles. The van der Waals surface area contributed by atoms with Crippen LogP contribution in [0.25, 0.3) is 11.2 Å². The third-order valence-corrected chi connectivity index (χ3v) is 10.9. The number of nitrogen functional groups attached to an aromatic ring is 1. The fourth-order valence-corrected chi connectivity index (χ4v) is 8.46. The molecular formula is C24H31N6O8PS. The first-order valence-electron chi connectivity index (χ1n) is 12.5. The number of benzene rings is 1. The molecule has 0 bridgehead atoms. The number of esters is 1. The van der Waals surface area contributed by atoms with Crippen LogP contribution < -0.4 is 15.6 Å². The highest BCUT2D eigenvalue weighted by atomic mass is 32.7. The van der Waals surface area contributed by atoms with Crippen LogP contribution in [0.4, 0.5) is 5.95 Å². The summed E-state index contributed by atoms with van der Waals surface area (Å²) in [6, 6.07) is 8.46. The molecule has 2 aliphatic rings. The topological polar surface area (TPSA) is 193 Å². The molecule has 16 heteroatoms. The van der Waals surface area contributed by atoms with Crippen LogP contribution in [0.2, 0.25) is 0 Å². The summed E-state index contributed by atoms with van der Waals surface area (Å²) in [6.45, 7) is -0.748. The van der Waals surface area contributed by atoms with Crippen molar-refractivity contribution in [2.45, 2.75) is 56.5 Å². The number of nitrogens with one attached hydrogen (secondary N) is 1. The van der Waals surface area contributed by atoms with Crippen molar-refractivity contribution in [1.29, 1.82) is 0 Å². The Labute approximate surface area is 233 Å². The van der Waals surface area contributed by atoms with E-state index in [-0.39, 0.29) is 29.6 Å². The van der Waals surface area contributed by atoms with E-state index >= 15 is 0 Å². The van der Waals surface area contributed by atoms with Crippen LogP contribution >= 0.6 is 18.1 Å². The standard InChI is InChI=1S/C24H31N6O8PS/c1-13(14-7-5-4-6-8-14)37-21(32)15-9-10-40-39(34,29-15)36-11-16-18(31)24(2,33)22(38-16)30-12-26-17-19(30)27-23(25)28-20(17)35-3/h4-8,12-13,15-16,18,22,31,33H,9-11H2,1-3H3,(H,29,34)(H2,25,27,28)/t13-,15+,16?,18+,22+,24+,39-/m0/s1. The number of rotatable bonds is 8. The first kappa shape index (κ1) is 28.7. The largest absolute Gasteiger partial charge is 0.479 e. The third-order valence-electron chi connectivity index (χ3n) is 6.84. The number of hydrogen-bond donors (Lipinski definition) is 4. The summed E-state index contributed by atoms with van der Waals surface area (Å²) in [6.07, 6.45) is -2.35. The molecule has 5 rings (SSSR count). The smallest absolute Gasteiger partial charge is 0.327 e. The van der Waals surface area contributed by atoms with Gasteiger partial charge in [-0.15, -0.1) is 0 Å². The lowest BCUT2D eigenvalue weighted by molar-refractivity contribution is -0.150. The minimum Gasteiger partial charge on any atom is -0.479 e. The van der Waals surface area contributed by atoms with E-state index in [9.17, 15) is 19.6 Å². The maximum atomic E-state index is 13.5. The Morgan fingerprint density at radius 3 is 2.85 bits per heavy atom. The number of ether oxygens (including phenoxy) is 3. The molecule has 0 radical (unpaired) electrons. The molecule has 2 saturated heterocycles. The first-order chi connectivity index (χ1) is 19.0. The Hall–Kier alpha value is -2.78. The summed E-state index contributed by atoms with van der Waals surface area (Å²) in [5.74, 6) is -0.0791. The summed E-state index contributed by atoms with van der Waals surface area (Å²) >= 11 is 1.05. The molecule has 0 aliphatic carbocycles. The van der Waals surface area contributed by atoms with Gasteiger partial charge in [0.05, 0.1) is 20.0 Å². The molecule has 0 amide bonds. The zero-order valence-electron chi connectivity index (χ0n) is 22.0. The molecule has 2 aromatic heterocycles. The number of carbonyl (C=O) groups excluding carboxylic acids is 1. The molecule has 2 aliphatic heterocycles. The average molecular weight is 595 g/mol. The normalized spacial score (nSPS) is 31.2. The lowest BCUT2D eigenvalue weighted by atomic mass is 9.96. The maximum absolute atomic E-state index is 13.5. The van der Waals surface area contributed by atoms with E-state index in [1.807, 2.05) is 30.3 Å². The summed E-state index contributed by atoms with van der Waals surface area (Å²) in [7, 11) is 1.41. The number of methoxy groups -OCH3 is 1. The van der Waals surface area contributed by atoms with Crippen LogP contribution in [0.5, 0.6) is 5.88 Å². The van der Waals surface area contributed by atoms with Crippen molar-refractivity contribution in [3.05, 3.63) is 42.2 Å². The van der Waals surface area contributed by atoms with Gasteiger partial charge in [0.1, 0.15) is 30.0 Å². The first-order valence-corrected chi connectivity index (χ1v) is 15.8. The van der Waals surface area contributed by atoms with Crippen molar-refractivity contribution in [1.82, 2.24) is 24.6 Å². The second-order valence-electron chi connectivity index (χ2n) is 9.70. The number of aromatic nitrogens is 4. The Bertz CT molecular complexity index is 1430. The van der Waals surface area contributed by atoms with Gasteiger partial charge in [0.15, 0.2) is 17.4 Å². The van der Waals surface area contributed by atoms with Gasteiger partial charge < -0.3 is 34.7 Å². The molecule has 1 aromatic carbocycles. The van der Waals surface area contributed by atoms with Gasteiger partial charge in [-0.3, -0.25) is 13.9 Å². The lowest BCUT2D eigenvalue weighted by Gasteiger charge is -2.30. The van der Waals surface area contributed by atoms with E-state index in [0.29, 0.717) is 12.2 Å². The monoisotopic (exact) mass is 594 g/mol. The second kappa shape index (κ2) is 11.2. The molecule has 40 heavy (non-hydrogen) atoms. The molecule has 14 nitrogen and oxygen atoms in total. The van der Waals surface area contributed by atoms with Gasteiger partial charge in [0.2, 0.25) is 11.8 Å². The third kappa shape index (κ3) is 5.55. The van der Waals surface area contributed by atoms with Crippen LogP contribution in [0, 0.1) is 0 Å². The number of imidazole rings is 1. The van der Waals surface area contributed by atoms with E-state index in [0.717, 1.165) is 16.9 Å². The number of aliphatic hydroxyl groups is 2. The number of hydrogen-bond acceptors (Lipinski definition) is 13. The van der Waals surface area contributed by atoms with E-state index in [2.05, 4.69) is 20.0 Å². The van der Waals surface area contributed by atoms with Gasteiger partial charge >= 0.3 is 12.7 Å². The summed E-state index contributed by atoms with van der Waals surface area (Å²) in [5.41, 5.74) is 5.34. The zero-order chi connectivity index (χ0) is 28.7. The van der Waals surface area contributed by atoms with Crippen molar-refractivity contribution in [2.75, 3.05) is 25.2 Å². The average Bonchev–Trinajstić information content (AvgIpc) is 3.45. The van der Waals surface area contributed by atoms with Crippen molar-refractivity contribution in [3.8, 4) is 5.88 Å². The minimum absolute atomic E-state index is 0.0751. The molecule has 2 fully saturated rings. The fourth-order valence-electron chi connectivity index (χ4n) is 4.65. The molecule has 1 unspecified atom stereocenters. The predicted octanol–water partition coefficient (Wildman–Crippen LogP) is 1.95. The molecule has 216 valence electrons. The quantitative estimate of drug-likeness (QED) is 0.218. The van der Waals surface area contributed by atoms with Crippen molar-refractivity contribution in [2.24, 2.45) is 0 Å². The highest BCUT2D eigenvalue weighted by Gasteiger charge is 2.54. The van der Waals surface area contributed by atoms with Gasteiger partial charge in [0.25, 0.3) is 0 Å². The van der Waals surface area contributed by atoms with E-state index in [1.54, 1.807) is 6.92 Å². The molecule has 5 N–H and O–H groups in total. The number of nitrogens with zero attached hydrogens (tertiary/aromatic N) is 4. The maximum Gasteiger partial charge on any atom is 0.327 e. The van der Waals surface area contributed by atoms with E-state index in [1.165, 1.54) is 24.9 Å². The summed E-state index contributed by atoms with van der Waals surface area (Å²) < 4.78 is 37.4. The predicted molar refractivity (Wildman–Crippen MR) is 145 cm³/mol. The van der Waals surface area contributed by atoms with Crippen LogP contribution in [-0.2, 0) is 23.4 Å². The highest BCUT2D eigenvalue weighted by Crippen LogP contribution is 2.59. The van der Waals surface area contributed by atoms with Crippen LogP contribution in [0.15, 0.2) is 36.7 Å². The van der Waals surface area contributed by atoms with E-state index < -0.39 is 48.9 Å². The Morgan fingerprint density at radius 2 is 2.12 bits per heavy atom. The molecule has 7 atom stereocenters. The Morgan fingerprint density at radius 1 is 1.38 bits per heavy atom. The minimum atomic E-state index is -3.58. The molecule has 4 heterocycles. The van der Waals surface area contributed by atoms with E-state index in [4.69, 9.17) is 24.5 Å². The highest BCUT2D eigenvalue weighted by molar-refractivity contribution is 8.56. The van der Waals surface area contributed by atoms with Crippen molar-refractivity contribution in [3.63, 3.8) is 0 Å². The molecule has 0 spiro atoms. The Kier molecular flexibility index (Phi) is 8.08. The lowest BCUT2D eigenvalue weighted by Crippen LogP contribution is -2.44. The number of nitrogens with two attached hydrogens (primary N) is 1. The number of aliphatic hydroxyl groups excluding tert-OH is 1. The van der Waals surface area contributed by atoms with Crippen molar-refractivity contribution >= 4 is 41.2 Å². The van der Waals surface area contributed by atoms with Crippen LogP contribution in [-0.4, -0.2) is 79.0 Å². The van der Waals surface area contributed by atoms with Gasteiger partial charge in [-0.05, 0) is 25.8 Å². The van der Waals surface area contributed by atoms with Gasteiger partial charge in [-0.2, -0.15) is 9.97 Å².